The van der Waals surface area contributed by atoms with Gasteiger partial charge >= 0.3 is 0 Å². The van der Waals surface area contributed by atoms with E-state index >= 15 is 0 Å². The number of hydrogen-bond donors (Lipinski definition) is 1. The highest BCUT2D eigenvalue weighted by Crippen LogP contribution is 2.21. The van der Waals surface area contributed by atoms with Crippen molar-refractivity contribution in [3.63, 3.8) is 0 Å². The lowest BCUT2D eigenvalue weighted by Gasteiger charge is -2.12. The van der Waals surface area contributed by atoms with Gasteiger partial charge in [0.2, 0.25) is 0 Å². The van der Waals surface area contributed by atoms with Gasteiger partial charge in [-0.15, -0.1) is 6.42 Å². The zero-order valence-corrected chi connectivity index (χ0v) is 8.31. The zero-order chi connectivity index (χ0) is 9.68. The molecule has 0 fully saturated rings. The monoisotopic (exact) mass is 193 g/mol. The van der Waals surface area contributed by atoms with E-state index < -0.39 is 0 Å². The van der Waals surface area contributed by atoms with Crippen LogP contribution in [0.2, 0.25) is 5.02 Å². The molecule has 1 nitrogen and oxygen atoms in total. The van der Waals surface area contributed by atoms with Gasteiger partial charge in [0.05, 0.1) is 6.04 Å². The van der Waals surface area contributed by atoms with Crippen LogP contribution in [0.15, 0.2) is 24.3 Å². The Balaban J connectivity index is 2.92. The van der Waals surface area contributed by atoms with Crippen molar-refractivity contribution >= 4 is 11.6 Å². The summed E-state index contributed by atoms with van der Waals surface area (Å²) in [6.07, 6.45) is 5.39. The van der Waals surface area contributed by atoms with Gasteiger partial charge in [-0.25, -0.2) is 0 Å². The summed E-state index contributed by atoms with van der Waals surface area (Å²) in [6.45, 7) is 2.85. The predicted molar refractivity (Wildman–Crippen MR) is 56.7 cm³/mol. The second kappa shape index (κ2) is 4.91. The minimum absolute atomic E-state index is 0.0845. The molecule has 13 heavy (non-hydrogen) atoms. The van der Waals surface area contributed by atoms with E-state index in [0.717, 1.165) is 12.1 Å². The van der Waals surface area contributed by atoms with E-state index in [1.54, 1.807) is 0 Å². The molecule has 1 unspecified atom stereocenters. The fourth-order valence-electron chi connectivity index (χ4n) is 1.17. The van der Waals surface area contributed by atoms with Crippen LogP contribution in [0.1, 0.15) is 18.5 Å². The molecule has 0 radical (unpaired) electrons. The Labute approximate surface area is 84.1 Å². The van der Waals surface area contributed by atoms with Crippen LogP contribution in [0.4, 0.5) is 0 Å². The molecule has 1 atom stereocenters. The van der Waals surface area contributed by atoms with Crippen LogP contribution >= 0.6 is 11.6 Å². The van der Waals surface area contributed by atoms with Crippen LogP contribution in [0, 0.1) is 12.3 Å². The summed E-state index contributed by atoms with van der Waals surface area (Å²) in [5, 5.41) is 3.88. The Morgan fingerprint density at radius 2 is 2.23 bits per heavy atom. The average molecular weight is 194 g/mol. The number of rotatable bonds is 3. The molecule has 0 bridgehead atoms. The van der Waals surface area contributed by atoms with E-state index in [0.29, 0.717) is 5.02 Å². The minimum atomic E-state index is -0.0845. The molecule has 0 saturated carbocycles. The van der Waals surface area contributed by atoms with Crippen LogP contribution in [0.25, 0.3) is 0 Å². The second-order valence-electron chi connectivity index (χ2n) is 2.68. The number of hydrogen-bond acceptors (Lipinski definition) is 1. The largest absolute Gasteiger partial charge is 0.300 e. The molecule has 0 heterocycles. The van der Waals surface area contributed by atoms with Crippen molar-refractivity contribution in [2.24, 2.45) is 0 Å². The average Bonchev–Trinajstić information content (AvgIpc) is 2.16. The van der Waals surface area contributed by atoms with E-state index in [-0.39, 0.29) is 6.04 Å². The van der Waals surface area contributed by atoms with Crippen molar-refractivity contribution in [2.45, 2.75) is 13.0 Å². The van der Waals surface area contributed by atoms with E-state index in [4.69, 9.17) is 18.0 Å². The standard InChI is InChI=1S/C11H12ClN/c1-3-11(13-4-2)9-7-5-6-8-10(9)12/h1,5-8,11,13H,4H2,2H3. The van der Waals surface area contributed by atoms with Crippen LogP contribution in [-0.4, -0.2) is 6.54 Å². The number of terminal acetylenes is 1. The van der Waals surface area contributed by atoms with Gasteiger partial charge in [-0.2, -0.15) is 0 Å². The van der Waals surface area contributed by atoms with Gasteiger partial charge in [-0.3, -0.25) is 0 Å². The maximum absolute atomic E-state index is 6.00. The summed E-state index contributed by atoms with van der Waals surface area (Å²) in [5.41, 5.74) is 0.966. The first-order valence-corrected chi connectivity index (χ1v) is 4.61. The first-order valence-electron chi connectivity index (χ1n) is 4.23. The number of nitrogens with one attached hydrogen (secondary N) is 1. The van der Waals surface area contributed by atoms with Crippen molar-refractivity contribution in [3.05, 3.63) is 34.9 Å². The first-order chi connectivity index (χ1) is 6.29. The molecule has 0 aromatic heterocycles. The van der Waals surface area contributed by atoms with Crippen molar-refractivity contribution in [2.75, 3.05) is 6.54 Å². The summed E-state index contributed by atoms with van der Waals surface area (Å²) in [5.74, 6) is 2.66. The molecule has 2 heteroatoms. The second-order valence-corrected chi connectivity index (χ2v) is 3.09. The normalized spacial score (nSPS) is 12.1. The molecule has 1 aromatic rings. The summed E-state index contributed by atoms with van der Waals surface area (Å²) in [4.78, 5) is 0. The van der Waals surface area contributed by atoms with Crippen LogP contribution in [0.5, 0.6) is 0 Å². The smallest absolute Gasteiger partial charge is 0.0957 e. The van der Waals surface area contributed by atoms with E-state index in [2.05, 4.69) is 11.2 Å². The van der Waals surface area contributed by atoms with Gasteiger partial charge < -0.3 is 5.32 Å². The topological polar surface area (TPSA) is 12.0 Å². The Bertz CT molecular complexity index is 314. The van der Waals surface area contributed by atoms with Gasteiger partial charge in [-0.05, 0) is 18.2 Å². The fraction of sp³-hybridized carbons (Fsp3) is 0.273. The molecule has 68 valence electrons. The van der Waals surface area contributed by atoms with E-state index in [9.17, 15) is 0 Å². The molecular weight excluding hydrogens is 182 g/mol. The molecule has 1 aromatic carbocycles. The molecule has 0 amide bonds. The van der Waals surface area contributed by atoms with E-state index in [1.807, 2.05) is 31.2 Å². The maximum Gasteiger partial charge on any atom is 0.0957 e. The minimum Gasteiger partial charge on any atom is -0.300 e. The Morgan fingerprint density at radius 3 is 2.77 bits per heavy atom. The summed E-state index contributed by atoms with van der Waals surface area (Å²) < 4.78 is 0. The Morgan fingerprint density at radius 1 is 1.54 bits per heavy atom. The molecule has 1 rings (SSSR count). The summed E-state index contributed by atoms with van der Waals surface area (Å²) in [7, 11) is 0. The number of halogens is 1. The highest BCUT2D eigenvalue weighted by molar-refractivity contribution is 6.31. The quantitative estimate of drug-likeness (QED) is 0.728. The molecular formula is C11H12ClN. The third-order valence-electron chi connectivity index (χ3n) is 1.79. The number of benzene rings is 1. The van der Waals surface area contributed by atoms with Gasteiger partial charge in [0.15, 0.2) is 0 Å². The highest BCUT2D eigenvalue weighted by Gasteiger charge is 2.08. The van der Waals surface area contributed by atoms with E-state index in [1.165, 1.54) is 0 Å². The lowest BCUT2D eigenvalue weighted by atomic mass is 10.1. The Kier molecular flexibility index (Phi) is 3.82. The Hall–Kier alpha value is -0.970. The van der Waals surface area contributed by atoms with Gasteiger partial charge in [0.1, 0.15) is 0 Å². The molecule has 0 spiro atoms. The highest BCUT2D eigenvalue weighted by atomic mass is 35.5. The molecule has 1 N–H and O–H groups in total. The van der Waals surface area contributed by atoms with Crippen molar-refractivity contribution < 1.29 is 0 Å². The zero-order valence-electron chi connectivity index (χ0n) is 7.55. The lowest BCUT2D eigenvalue weighted by Crippen LogP contribution is -2.19. The van der Waals surface area contributed by atoms with Gasteiger partial charge in [0.25, 0.3) is 0 Å². The SMILES string of the molecule is C#CC(NCC)c1ccccc1Cl. The summed E-state index contributed by atoms with van der Waals surface area (Å²) in [6, 6.07) is 7.53. The molecule has 0 aliphatic rings. The van der Waals surface area contributed by atoms with Crippen LogP contribution in [-0.2, 0) is 0 Å². The van der Waals surface area contributed by atoms with Crippen LogP contribution < -0.4 is 5.32 Å². The molecule has 0 aliphatic carbocycles. The van der Waals surface area contributed by atoms with Crippen molar-refractivity contribution in [1.82, 2.24) is 5.32 Å². The fourth-order valence-corrected chi connectivity index (χ4v) is 1.42. The lowest BCUT2D eigenvalue weighted by molar-refractivity contribution is 0.665. The third-order valence-corrected chi connectivity index (χ3v) is 2.14. The maximum atomic E-state index is 6.00. The third kappa shape index (κ3) is 2.48. The van der Waals surface area contributed by atoms with Crippen LogP contribution in [0.3, 0.4) is 0 Å². The predicted octanol–water partition coefficient (Wildman–Crippen LogP) is 2.62. The van der Waals surface area contributed by atoms with Crippen molar-refractivity contribution in [1.29, 1.82) is 0 Å². The van der Waals surface area contributed by atoms with Crippen molar-refractivity contribution in [3.8, 4) is 12.3 Å². The van der Waals surface area contributed by atoms with Gasteiger partial charge in [0, 0.05) is 5.02 Å². The first kappa shape index (κ1) is 10.1. The summed E-state index contributed by atoms with van der Waals surface area (Å²) >= 11 is 6.00. The van der Waals surface area contributed by atoms with Gasteiger partial charge in [-0.1, -0.05) is 42.6 Å². The molecule has 0 saturated heterocycles. The molecule has 0 aliphatic heterocycles.